The normalized spacial score (nSPS) is 9.29. The lowest BCUT2D eigenvalue weighted by Gasteiger charge is -1.98. The lowest BCUT2D eigenvalue weighted by atomic mass is 10.3. The second kappa shape index (κ2) is 4.19. The van der Waals surface area contributed by atoms with Gasteiger partial charge in [0.15, 0.2) is 5.69 Å². The summed E-state index contributed by atoms with van der Waals surface area (Å²) in [4.78, 5) is 22.9. The number of benzene rings is 1. The molecule has 0 spiro atoms. The molecule has 1 aromatic rings. The summed E-state index contributed by atoms with van der Waals surface area (Å²) in [5, 5.41) is 10.6. The predicted molar refractivity (Wildman–Crippen MR) is 50.9 cm³/mol. The maximum atomic E-state index is 10.5. The van der Waals surface area contributed by atoms with Gasteiger partial charge >= 0.3 is 0 Å². The van der Waals surface area contributed by atoms with Crippen LogP contribution < -0.4 is 0 Å². The largest absolute Gasteiger partial charge is 0.297 e. The van der Waals surface area contributed by atoms with Crippen molar-refractivity contribution in [2.24, 2.45) is 4.99 Å². The molecule has 0 amide bonds. The average Bonchev–Trinajstić information content (AvgIpc) is 2.11. The van der Waals surface area contributed by atoms with Crippen LogP contribution in [-0.4, -0.2) is 11.0 Å². The van der Waals surface area contributed by atoms with Crippen LogP contribution in [0.4, 0.5) is 11.4 Å². The molecule has 5 nitrogen and oxygen atoms in total. The molecule has 0 saturated carbocycles. The molecule has 0 N–H and O–H groups in total. The topological polar surface area (TPSA) is 72.6 Å². The van der Waals surface area contributed by atoms with Crippen molar-refractivity contribution in [1.29, 1.82) is 0 Å². The summed E-state index contributed by atoms with van der Waals surface area (Å²) in [7, 11) is 0. The first-order chi connectivity index (χ1) is 6.56. The van der Waals surface area contributed by atoms with Crippen LogP contribution in [0.15, 0.2) is 17.1 Å². The van der Waals surface area contributed by atoms with Gasteiger partial charge in [0.05, 0.1) is 15.0 Å². The number of nitro groups is 1. The lowest BCUT2D eigenvalue weighted by Crippen LogP contribution is -1.88. The minimum absolute atomic E-state index is 0.0308. The number of aliphatic imine (C=N–C) groups is 1. The highest BCUT2D eigenvalue weighted by Gasteiger charge is 2.16. The summed E-state index contributed by atoms with van der Waals surface area (Å²) in [6.07, 6.45) is 1.19. The Morgan fingerprint density at radius 1 is 1.36 bits per heavy atom. The molecule has 0 unspecified atom stereocenters. The number of hydrogen-bond donors (Lipinski definition) is 0. The van der Waals surface area contributed by atoms with Crippen molar-refractivity contribution in [3.63, 3.8) is 0 Å². The third-order valence-electron chi connectivity index (χ3n) is 1.38. The summed E-state index contributed by atoms with van der Waals surface area (Å²) < 4.78 is 0. The van der Waals surface area contributed by atoms with Crippen LogP contribution in [0.3, 0.4) is 0 Å². The van der Waals surface area contributed by atoms with Crippen LogP contribution in [0.5, 0.6) is 0 Å². The van der Waals surface area contributed by atoms with Crippen LogP contribution in [0.2, 0.25) is 10.0 Å². The van der Waals surface area contributed by atoms with Gasteiger partial charge in [-0.3, -0.25) is 10.1 Å². The molecule has 1 rings (SSSR count). The highest BCUT2D eigenvalue weighted by molar-refractivity contribution is 6.42. The molecule has 0 aliphatic heterocycles. The SMILES string of the molecule is O=C=Nc1cc(Cl)c(Cl)cc1[N+](=O)[O-]. The van der Waals surface area contributed by atoms with Crippen LogP contribution in [0.1, 0.15) is 0 Å². The lowest BCUT2D eigenvalue weighted by molar-refractivity contribution is -0.384. The Morgan fingerprint density at radius 2 is 1.93 bits per heavy atom. The van der Waals surface area contributed by atoms with Crippen molar-refractivity contribution >= 4 is 40.7 Å². The standard InChI is InChI=1S/C7H2Cl2N2O3/c8-4-1-6(10-3-12)7(11(13)14)2-5(4)9/h1-2H. The Bertz CT molecular complexity index is 414. The molecule has 0 saturated heterocycles. The molecular formula is C7H2Cl2N2O3. The van der Waals surface area contributed by atoms with E-state index in [1.807, 2.05) is 0 Å². The minimum atomic E-state index is -0.710. The van der Waals surface area contributed by atoms with E-state index in [4.69, 9.17) is 23.2 Å². The molecule has 14 heavy (non-hydrogen) atoms. The summed E-state index contributed by atoms with van der Waals surface area (Å²) in [6.45, 7) is 0. The molecule has 0 aliphatic rings. The molecule has 0 radical (unpaired) electrons. The van der Waals surface area contributed by atoms with Crippen molar-refractivity contribution < 1.29 is 9.72 Å². The highest BCUT2D eigenvalue weighted by atomic mass is 35.5. The van der Waals surface area contributed by atoms with E-state index in [0.717, 1.165) is 12.1 Å². The van der Waals surface area contributed by atoms with Gasteiger partial charge in [-0.1, -0.05) is 23.2 Å². The molecule has 0 fully saturated rings. The number of hydrogen-bond acceptors (Lipinski definition) is 4. The van der Waals surface area contributed by atoms with E-state index in [-0.39, 0.29) is 21.4 Å². The second-order valence-corrected chi connectivity index (χ2v) is 3.03. The molecule has 0 heterocycles. The van der Waals surface area contributed by atoms with Crippen molar-refractivity contribution in [2.45, 2.75) is 0 Å². The van der Waals surface area contributed by atoms with Crippen molar-refractivity contribution in [2.75, 3.05) is 0 Å². The van der Waals surface area contributed by atoms with E-state index in [0.29, 0.717) is 0 Å². The van der Waals surface area contributed by atoms with Gasteiger partial charge in [0.1, 0.15) is 0 Å². The molecule has 7 heteroatoms. The first kappa shape index (κ1) is 10.7. The van der Waals surface area contributed by atoms with Gasteiger partial charge in [0.2, 0.25) is 6.08 Å². The Labute approximate surface area is 88.1 Å². The first-order valence-corrected chi connectivity index (χ1v) is 4.03. The molecule has 72 valence electrons. The Morgan fingerprint density at radius 3 is 2.43 bits per heavy atom. The number of isocyanates is 1. The predicted octanol–water partition coefficient (Wildman–Crippen LogP) is 2.87. The van der Waals surface area contributed by atoms with Crippen molar-refractivity contribution in [1.82, 2.24) is 0 Å². The fourth-order valence-corrected chi connectivity index (χ4v) is 1.13. The van der Waals surface area contributed by atoms with E-state index in [9.17, 15) is 14.9 Å². The van der Waals surface area contributed by atoms with Gasteiger partial charge in [-0.15, -0.1) is 0 Å². The summed E-state index contributed by atoms with van der Waals surface area (Å²) in [5.41, 5.74) is -0.554. The smallest absolute Gasteiger partial charge is 0.258 e. The Kier molecular flexibility index (Phi) is 3.19. The van der Waals surface area contributed by atoms with Crippen LogP contribution in [-0.2, 0) is 4.79 Å². The number of nitrogens with zero attached hydrogens (tertiary/aromatic N) is 2. The fourth-order valence-electron chi connectivity index (χ4n) is 0.811. The van der Waals surface area contributed by atoms with Crippen LogP contribution in [0.25, 0.3) is 0 Å². The zero-order valence-corrected chi connectivity index (χ0v) is 8.04. The van der Waals surface area contributed by atoms with E-state index in [1.165, 1.54) is 6.08 Å². The van der Waals surface area contributed by atoms with E-state index < -0.39 is 4.92 Å². The number of rotatable bonds is 2. The van der Waals surface area contributed by atoms with Crippen LogP contribution in [0, 0.1) is 10.1 Å². The maximum absolute atomic E-state index is 10.5. The summed E-state index contributed by atoms with van der Waals surface area (Å²) in [6, 6.07) is 2.16. The summed E-state index contributed by atoms with van der Waals surface area (Å²) >= 11 is 11.1. The first-order valence-electron chi connectivity index (χ1n) is 3.27. The molecule has 0 aliphatic carbocycles. The van der Waals surface area contributed by atoms with E-state index in [1.54, 1.807) is 0 Å². The zero-order chi connectivity index (χ0) is 10.7. The average molecular weight is 233 g/mol. The van der Waals surface area contributed by atoms with Gasteiger partial charge in [0.25, 0.3) is 5.69 Å². The highest BCUT2D eigenvalue weighted by Crippen LogP contribution is 2.35. The zero-order valence-electron chi connectivity index (χ0n) is 6.53. The van der Waals surface area contributed by atoms with Gasteiger partial charge in [-0.2, -0.15) is 4.99 Å². The minimum Gasteiger partial charge on any atom is -0.258 e. The monoisotopic (exact) mass is 232 g/mol. The Hall–Kier alpha value is -1.42. The van der Waals surface area contributed by atoms with Gasteiger partial charge in [-0.25, -0.2) is 4.79 Å². The molecular weight excluding hydrogens is 231 g/mol. The molecule has 1 aromatic carbocycles. The Balaban J connectivity index is 3.45. The molecule has 0 bridgehead atoms. The summed E-state index contributed by atoms with van der Waals surface area (Å²) in [5.74, 6) is 0. The van der Waals surface area contributed by atoms with Gasteiger partial charge in [0, 0.05) is 6.07 Å². The molecule has 0 aromatic heterocycles. The molecule has 0 atom stereocenters. The quantitative estimate of drug-likeness (QED) is 0.341. The van der Waals surface area contributed by atoms with Gasteiger partial charge < -0.3 is 0 Å². The number of nitro benzene ring substituents is 1. The van der Waals surface area contributed by atoms with Gasteiger partial charge in [-0.05, 0) is 6.07 Å². The maximum Gasteiger partial charge on any atom is 0.297 e. The van der Waals surface area contributed by atoms with Crippen molar-refractivity contribution in [3.05, 3.63) is 32.3 Å². The number of halogens is 2. The van der Waals surface area contributed by atoms with E-state index in [2.05, 4.69) is 4.99 Å². The van der Waals surface area contributed by atoms with E-state index >= 15 is 0 Å². The van der Waals surface area contributed by atoms with Crippen LogP contribution >= 0.6 is 23.2 Å². The van der Waals surface area contributed by atoms with Crippen molar-refractivity contribution in [3.8, 4) is 0 Å². The third kappa shape index (κ3) is 2.09. The third-order valence-corrected chi connectivity index (χ3v) is 2.10. The fraction of sp³-hybridized carbons (Fsp3) is 0. The second-order valence-electron chi connectivity index (χ2n) is 2.22. The number of carbonyl (C=O) groups excluding carboxylic acids is 1.